The molecule has 0 amide bonds. The lowest BCUT2D eigenvalue weighted by Gasteiger charge is -1.97. The van der Waals surface area contributed by atoms with Crippen LogP contribution in [0.15, 0.2) is 52.9 Å². The molecule has 2 nitrogen and oxygen atoms in total. The highest BCUT2D eigenvalue weighted by molar-refractivity contribution is 6.31. The predicted molar refractivity (Wildman–Crippen MR) is 74.0 cm³/mol. The number of nitrogens with zero attached hydrogens (tertiary/aromatic N) is 1. The molecule has 0 unspecified atom stereocenters. The first-order valence-corrected chi connectivity index (χ1v) is 6.07. The highest BCUT2D eigenvalue weighted by atomic mass is 35.5. The van der Waals surface area contributed by atoms with E-state index < -0.39 is 0 Å². The van der Waals surface area contributed by atoms with Crippen LogP contribution in [0.4, 0.5) is 0 Å². The molecule has 2 aromatic carbocycles. The maximum Gasteiger partial charge on any atom is 0.154 e. The van der Waals surface area contributed by atoms with Crippen LogP contribution < -0.4 is 0 Å². The number of halogens is 1. The maximum atomic E-state index is 5.99. The molecule has 3 heteroatoms. The van der Waals surface area contributed by atoms with Gasteiger partial charge >= 0.3 is 0 Å². The van der Waals surface area contributed by atoms with Gasteiger partial charge in [-0.3, -0.25) is 0 Å². The van der Waals surface area contributed by atoms with Crippen LogP contribution in [0.1, 0.15) is 0 Å². The molecule has 4 rings (SSSR count). The van der Waals surface area contributed by atoms with E-state index in [9.17, 15) is 0 Å². The molecule has 4 aromatic rings. The van der Waals surface area contributed by atoms with E-state index in [2.05, 4.69) is 4.98 Å². The normalized spacial score (nSPS) is 11.6. The molecular weight excluding hydrogens is 246 g/mol. The van der Waals surface area contributed by atoms with Gasteiger partial charge < -0.3 is 4.42 Å². The van der Waals surface area contributed by atoms with Gasteiger partial charge in [-0.1, -0.05) is 23.7 Å². The molecule has 0 radical (unpaired) electrons. The van der Waals surface area contributed by atoms with Crippen LogP contribution in [-0.2, 0) is 0 Å². The quantitative estimate of drug-likeness (QED) is 0.450. The van der Waals surface area contributed by atoms with Crippen molar-refractivity contribution in [3.8, 4) is 0 Å². The fourth-order valence-electron chi connectivity index (χ4n) is 2.27. The average Bonchev–Trinajstić information content (AvgIpc) is 2.73. The van der Waals surface area contributed by atoms with Crippen molar-refractivity contribution in [3.05, 3.63) is 53.6 Å². The van der Waals surface area contributed by atoms with E-state index in [-0.39, 0.29) is 0 Å². The van der Waals surface area contributed by atoms with Gasteiger partial charge in [0.05, 0.1) is 5.52 Å². The number of fused-ring (bicyclic) bond motifs is 4. The van der Waals surface area contributed by atoms with Crippen LogP contribution in [0.25, 0.3) is 33.0 Å². The van der Waals surface area contributed by atoms with E-state index in [1.807, 2.05) is 48.5 Å². The first-order chi connectivity index (χ1) is 8.81. The molecule has 0 bridgehead atoms. The molecule has 0 saturated heterocycles. The third-order valence-corrected chi connectivity index (χ3v) is 3.34. The molecule has 2 heterocycles. The molecule has 0 fully saturated rings. The second-order valence-corrected chi connectivity index (χ2v) is 4.71. The lowest BCUT2D eigenvalue weighted by atomic mass is 10.2. The van der Waals surface area contributed by atoms with Crippen molar-refractivity contribution in [2.45, 2.75) is 0 Å². The van der Waals surface area contributed by atoms with E-state index in [0.717, 1.165) is 33.0 Å². The number of benzene rings is 2. The van der Waals surface area contributed by atoms with Crippen molar-refractivity contribution in [1.82, 2.24) is 4.98 Å². The van der Waals surface area contributed by atoms with E-state index in [0.29, 0.717) is 5.02 Å². The predicted octanol–water partition coefficient (Wildman–Crippen LogP) is 4.79. The zero-order valence-corrected chi connectivity index (χ0v) is 10.1. The molecule has 0 N–H and O–H groups in total. The van der Waals surface area contributed by atoms with Crippen LogP contribution in [-0.4, -0.2) is 4.98 Å². The van der Waals surface area contributed by atoms with Crippen molar-refractivity contribution in [2.75, 3.05) is 0 Å². The maximum absolute atomic E-state index is 5.99. The number of para-hydroxylation sites is 1. The Morgan fingerprint density at radius 3 is 2.78 bits per heavy atom. The summed E-state index contributed by atoms with van der Waals surface area (Å²) in [6, 6.07) is 15.6. The third kappa shape index (κ3) is 1.33. The van der Waals surface area contributed by atoms with Gasteiger partial charge in [0.2, 0.25) is 0 Å². The number of rotatable bonds is 0. The lowest BCUT2D eigenvalue weighted by molar-refractivity contribution is 0.669. The Hall–Kier alpha value is -2.06. The molecule has 2 aromatic heterocycles. The second kappa shape index (κ2) is 3.47. The van der Waals surface area contributed by atoms with Gasteiger partial charge in [-0.2, -0.15) is 0 Å². The van der Waals surface area contributed by atoms with Gasteiger partial charge in [0.25, 0.3) is 0 Å². The summed E-state index contributed by atoms with van der Waals surface area (Å²) in [7, 11) is 0. The molecular formula is C15H8ClNO. The van der Waals surface area contributed by atoms with Gasteiger partial charge in [-0.25, -0.2) is 4.98 Å². The van der Waals surface area contributed by atoms with Crippen LogP contribution in [0.2, 0.25) is 5.02 Å². The van der Waals surface area contributed by atoms with Crippen molar-refractivity contribution in [3.63, 3.8) is 0 Å². The second-order valence-electron chi connectivity index (χ2n) is 4.27. The number of pyridine rings is 1. The Labute approximate surface area is 108 Å². The standard InChI is InChI=1S/C15H8ClNO/c16-10-5-6-12-9(7-10)8-14-15(17-12)11-3-1-2-4-13(11)18-14/h1-8H. The van der Waals surface area contributed by atoms with E-state index in [4.69, 9.17) is 16.0 Å². The van der Waals surface area contributed by atoms with Crippen LogP contribution in [0.5, 0.6) is 0 Å². The largest absolute Gasteiger partial charge is 0.454 e. The first kappa shape index (κ1) is 9.92. The summed E-state index contributed by atoms with van der Waals surface area (Å²) in [5, 5.41) is 2.75. The number of furan rings is 1. The van der Waals surface area contributed by atoms with E-state index >= 15 is 0 Å². The van der Waals surface area contributed by atoms with Gasteiger partial charge in [0, 0.05) is 15.8 Å². The van der Waals surface area contributed by atoms with Crippen LogP contribution >= 0.6 is 11.6 Å². The highest BCUT2D eigenvalue weighted by Crippen LogP contribution is 2.30. The van der Waals surface area contributed by atoms with Crippen molar-refractivity contribution in [1.29, 1.82) is 0 Å². The molecule has 0 aliphatic rings. The molecule has 0 spiro atoms. The molecule has 0 atom stereocenters. The Balaban J connectivity index is 2.23. The Morgan fingerprint density at radius 2 is 1.83 bits per heavy atom. The SMILES string of the molecule is Clc1ccc2nc3c(cc2c1)oc1ccccc13. The lowest BCUT2D eigenvalue weighted by Crippen LogP contribution is -1.79. The highest BCUT2D eigenvalue weighted by Gasteiger charge is 2.09. The topological polar surface area (TPSA) is 26.0 Å². The van der Waals surface area contributed by atoms with E-state index in [1.54, 1.807) is 0 Å². The van der Waals surface area contributed by atoms with Crippen molar-refractivity contribution < 1.29 is 4.42 Å². The molecule has 86 valence electrons. The Morgan fingerprint density at radius 1 is 0.944 bits per heavy atom. The van der Waals surface area contributed by atoms with Gasteiger partial charge in [0.1, 0.15) is 11.1 Å². The number of aromatic nitrogens is 1. The zero-order valence-electron chi connectivity index (χ0n) is 9.35. The monoisotopic (exact) mass is 253 g/mol. The minimum atomic E-state index is 0.708. The summed E-state index contributed by atoms with van der Waals surface area (Å²) in [4.78, 5) is 4.65. The summed E-state index contributed by atoms with van der Waals surface area (Å²) in [6.07, 6.45) is 0. The number of hydrogen-bond donors (Lipinski definition) is 0. The smallest absolute Gasteiger partial charge is 0.154 e. The minimum absolute atomic E-state index is 0.708. The molecule has 18 heavy (non-hydrogen) atoms. The molecule has 0 aliphatic heterocycles. The summed E-state index contributed by atoms with van der Waals surface area (Å²) in [5.41, 5.74) is 3.49. The summed E-state index contributed by atoms with van der Waals surface area (Å²) >= 11 is 5.99. The van der Waals surface area contributed by atoms with Crippen molar-refractivity contribution in [2.24, 2.45) is 0 Å². The molecule has 0 aliphatic carbocycles. The Bertz CT molecular complexity index is 895. The molecule has 0 saturated carbocycles. The van der Waals surface area contributed by atoms with Crippen molar-refractivity contribution >= 4 is 44.6 Å². The van der Waals surface area contributed by atoms with Gasteiger partial charge in [-0.15, -0.1) is 0 Å². The zero-order chi connectivity index (χ0) is 12.1. The Kier molecular flexibility index (Phi) is 1.91. The minimum Gasteiger partial charge on any atom is -0.454 e. The fraction of sp³-hybridized carbons (Fsp3) is 0. The van der Waals surface area contributed by atoms with Crippen LogP contribution in [0.3, 0.4) is 0 Å². The van der Waals surface area contributed by atoms with Gasteiger partial charge in [0.15, 0.2) is 5.58 Å². The van der Waals surface area contributed by atoms with Crippen LogP contribution in [0, 0.1) is 0 Å². The summed E-state index contributed by atoms with van der Waals surface area (Å²) in [5.74, 6) is 0. The summed E-state index contributed by atoms with van der Waals surface area (Å²) < 4.78 is 5.79. The summed E-state index contributed by atoms with van der Waals surface area (Å²) in [6.45, 7) is 0. The van der Waals surface area contributed by atoms with E-state index in [1.165, 1.54) is 0 Å². The fourth-order valence-corrected chi connectivity index (χ4v) is 2.45. The number of hydrogen-bond acceptors (Lipinski definition) is 2. The average molecular weight is 254 g/mol. The third-order valence-electron chi connectivity index (χ3n) is 3.10. The van der Waals surface area contributed by atoms with Gasteiger partial charge in [-0.05, 0) is 36.4 Å². The first-order valence-electron chi connectivity index (χ1n) is 5.69.